The number of rotatable bonds is 4. The van der Waals surface area contributed by atoms with E-state index in [1.165, 1.54) is 16.7 Å². The Morgan fingerprint density at radius 1 is 1.16 bits per heavy atom. The second kappa shape index (κ2) is 5.69. The van der Waals surface area contributed by atoms with Crippen LogP contribution in [-0.4, -0.2) is 24.1 Å². The molecule has 0 radical (unpaired) electrons. The fourth-order valence-electron chi connectivity index (χ4n) is 2.00. The first-order valence-corrected chi connectivity index (χ1v) is 6.37. The standard InChI is InChI=1S/C15H20N4/c1-11-5-6-12(2)13(7-11)9-19(4)15-8-14(16-3)17-10-18-15/h5-8,10H,9H2,1-4H3,(H,16,17,18). The number of anilines is 2. The number of nitrogens with zero attached hydrogens (tertiary/aromatic N) is 3. The summed E-state index contributed by atoms with van der Waals surface area (Å²) in [6, 6.07) is 8.48. The van der Waals surface area contributed by atoms with Gasteiger partial charge in [-0.3, -0.25) is 0 Å². The van der Waals surface area contributed by atoms with Gasteiger partial charge in [-0.25, -0.2) is 9.97 Å². The summed E-state index contributed by atoms with van der Waals surface area (Å²) in [7, 11) is 3.90. The van der Waals surface area contributed by atoms with Crippen LogP contribution in [0.4, 0.5) is 11.6 Å². The van der Waals surface area contributed by atoms with E-state index >= 15 is 0 Å². The number of hydrogen-bond donors (Lipinski definition) is 1. The lowest BCUT2D eigenvalue weighted by Crippen LogP contribution is -2.18. The molecule has 0 amide bonds. The van der Waals surface area contributed by atoms with Crippen LogP contribution in [-0.2, 0) is 6.54 Å². The predicted octanol–water partition coefficient (Wildman–Crippen LogP) is 2.77. The van der Waals surface area contributed by atoms with Crippen molar-refractivity contribution in [2.45, 2.75) is 20.4 Å². The molecule has 0 aliphatic heterocycles. The molecule has 0 bridgehead atoms. The molecule has 0 saturated carbocycles. The van der Waals surface area contributed by atoms with E-state index in [0.29, 0.717) is 0 Å². The van der Waals surface area contributed by atoms with Gasteiger partial charge in [-0.2, -0.15) is 0 Å². The van der Waals surface area contributed by atoms with Crippen LogP contribution >= 0.6 is 0 Å². The smallest absolute Gasteiger partial charge is 0.134 e. The molecular weight excluding hydrogens is 236 g/mol. The van der Waals surface area contributed by atoms with E-state index in [1.54, 1.807) is 6.33 Å². The molecule has 4 heteroatoms. The fraction of sp³-hybridized carbons (Fsp3) is 0.333. The molecule has 0 unspecified atom stereocenters. The van der Waals surface area contributed by atoms with E-state index in [-0.39, 0.29) is 0 Å². The quantitative estimate of drug-likeness (QED) is 0.913. The van der Waals surface area contributed by atoms with E-state index in [9.17, 15) is 0 Å². The maximum absolute atomic E-state index is 4.31. The first-order chi connectivity index (χ1) is 9.10. The van der Waals surface area contributed by atoms with Gasteiger partial charge >= 0.3 is 0 Å². The van der Waals surface area contributed by atoms with Gasteiger partial charge in [0.2, 0.25) is 0 Å². The molecule has 1 heterocycles. The molecule has 1 N–H and O–H groups in total. The number of nitrogens with one attached hydrogen (secondary N) is 1. The van der Waals surface area contributed by atoms with E-state index in [0.717, 1.165) is 18.2 Å². The zero-order chi connectivity index (χ0) is 13.8. The van der Waals surface area contributed by atoms with Crippen molar-refractivity contribution in [2.24, 2.45) is 0 Å². The molecule has 0 atom stereocenters. The number of hydrogen-bond acceptors (Lipinski definition) is 4. The highest BCUT2D eigenvalue weighted by atomic mass is 15.2. The Morgan fingerprint density at radius 3 is 2.68 bits per heavy atom. The maximum Gasteiger partial charge on any atom is 0.134 e. The molecular formula is C15H20N4. The van der Waals surface area contributed by atoms with Crippen LogP contribution < -0.4 is 10.2 Å². The van der Waals surface area contributed by atoms with Gasteiger partial charge in [0.15, 0.2) is 0 Å². The van der Waals surface area contributed by atoms with E-state index in [2.05, 4.69) is 52.2 Å². The molecule has 0 aliphatic carbocycles. The lowest BCUT2D eigenvalue weighted by molar-refractivity contribution is 0.883. The highest BCUT2D eigenvalue weighted by Crippen LogP contribution is 2.17. The molecule has 2 rings (SSSR count). The lowest BCUT2D eigenvalue weighted by Gasteiger charge is -2.20. The van der Waals surface area contributed by atoms with E-state index < -0.39 is 0 Å². The number of aromatic nitrogens is 2. The molecule has 0 fully saturated rings. The minimum atomic E-state index is 0.831. The third-order valence-electron chi connectivity index (χ3n) is 3.21. The van der Waals surface area contributed by atoms with Crippen LogP contribution in [0.1, 0.15) is 16.7 Å². The van der Waals surface area contributed by atoms with Gasteiger partial charge in [0.1, 0.15) is 18.0 Å². The highest BCUT2D eigenvalue weighted by molar-refractivity contribution is 5.48. The molecule has 0 saturated heterocycles. The van der Waals surface area contributed by atoms with Crippen LogP contribution in [0.25, 0.3) is 0 Å². The Bertz CT molecular complexity index is 566. The highest BCUT2D eigenvalue weighted by Gasteiger charge is 2.07. The Balaban J connectivity index is 2.20. The van der Waals surface area contributed by atoms with Crippen LogP contribution in [0.15, 0.2) is 30.6 Å². The van der Waals surface area contributed by atoms with Crippen molar-refractivity contribution in [2.75, 3.05) is 24.3 Å². The first-order valence-electron chi connectivity index (χ1n) is 6.37. The summed E-state index contributed by atoms with van der Waals surface area (Å²) in [5.41, 5.74) is 3.92. The molecule has 0 spiro atoms. The van der Waals surface area contributed by atoms with Gasteiger partial charge in [-0.05, 0) is 25.0 Å². The largest absolute Gasteiger partial charge is 0.373 e. The SMILES string of the molecule is CNc1cc(N(C)Cc2cc(C)ccc2C)ncn1. The first kappa shape index (κ1) is 13.3. The van der Waals surface area contributed by atoms with Crippen LogP contribution in [0.2, 0.25) is 0 Å². The molecule has 1 aromatic heterocycles. The number of aryl methyl sites for hydroxylation is 2. The fourth-order valence-corrected chi connectivity index (χ4v) is 2.00. The average molecular weight is 256 g/mol. The summed E-state index contributed by atoms with van der Waals surface area (Å²) in [6.07, 6.45) is 1.58. The van der Waals surface area contributed by atoms with Gasteiger partial charge < -0.3 is 10.2 Å². The van der Waals surface area contributed by atoms with Gasteiger partial charge in [0.25, 0.3) is 0 Å². The van der Waals surface area contributed by atoms with Crippen LogP contribution in [0.5, 0.6) is 0 Å². The van der Waals surface area contributed by atoms with Crippen molar-refractivity contribution in [1.82, 2.24) is 9.97 Å². The summed E-state index contributed by atoms with van der Waals surface area (Å²) in [5.74, 6) is 1.75. The molecule has 100 valence electrons. The summed E-state index contributed by atoms with van der Waals surface area (Å²) in [5, 5.41) is 3.03. The van der Waals surface area contributed by atoms with Crippen LogP contribution in [0, 0.1) is 13.8 Å². The normalized spacial score (nSPS) is 10.3. The second-order valence-corrected chi connectivity index (χ2v) is 4.80. The summed E-state index contributed by atoms with van der Waals surface area (Å²) in [6.45, 7) is 5.10. The third-order valence-corrected chi connectivity index (χ3v) is 3.21. The van der Waals surface area contributed by atoms with Crippen molar-refractivity contribution >= 4 is 11.6 Å². The number of benzene rings is 1. The maximum atomic E-state index is 4.31. The van der Waals surface area contributed by atoms with E-state index in [4.69, 9.17) is 0 Å². The zero-order valence-corrected chi connectivity index (χ0v) is 11.9. The lowest BCUT2D eigenvalue weighted by atomic mass is 10.1. The topological polar surface area (TPSA) is 41.0 Å². The van der Waals surface area contributed by atoms with Gasteiger partial charge in [0, 0.05) is 26.7 Å². The van der Waals surface area contributed by atoms with Gasteiger partial charge in [-0.15, -0.1) is 0 Å². The average Bonchev–Trinajstić information content (AvgIpc) is 2.43. The van der Waals surface area contributed by atoms with E-state index in [1.807, 2.05) is 20.2 Å². The zero-order valence-electron chi connectivity index (χ0n) is 11.9. The molecule has 2 aromatic rings. The predicted molar refractivity (Wildman–Crippen MR) is 79.6 cm³/mol. The second-order valence-electron chi connectivity index (χ2n) is 4.80. The monoisotopic (exact) mass is 256 g/mol. The Morgan fingerprint density at radius 2 is 1.95 bits per heavy atom. The van der Waals surface area contributed by atoms with Crippen molar-refractivity contribution < 1.29 is 0 Å². The summed E-state index contributed by atoms with van der Waals surface area (Å²) >= 11 is 0. The van der Waals surface area contributed by atoms with Crippen molar-refractivity contribution in [3.05, 3.63) is 47.3 Å². The molecule has 19 heavy (non-hydrogen) atoms. The molecule has 1 aromatic carbocycles. The molecule has 4 nitrogen and oxygen atoms in total. The van der Waals surface area contributed by atoms with Gasteiger partial charge in [0.05, 0.1) is 0 Å². The van der Waals surface area contributed by atoms with Crippen molar-refractivity contribution in [3.8, 4) is 0 Å². The van der Waals surface area contributed by atoms with Crippen molar-refractivity contribution in [3.63, 3.8) is 0 Å². The van der Waals surface area contributed by atoms with Crippen LogP contribution in [0.3, 0.4) is 0 Å². The third kappa shape index (κ3) is 3.22. The summed E-state index contributed by atoms with van der Waals surface area (Å²) in [4.78, 5) is 10.6. The Kier molecular flexibility index (Phi) is 4.00. The summed E-state index contributed by atoms with van der Waals surface area (Å²) < 4.78 is 0. The minimum absolute atomic E-state index is 0.831. The Labute approximate surface area is 114 Å². The Hall–Kier alpha value is -2.10. The van der Waals surface area contributed by atoms with Gasteiger partial charge in [-0.1, -0.05) is 23.8 Å². The van der Waals surface area contributed by atoms with Crippen molar-refractivity contribution in [1.29, 1.82) is 0 Å². The minimum Gasteiger partial charge on any atom is -0.373 e. The molecule has 0 aliphatic rings.